The molecule has 0 aromatic rings. The van der Waals surface area contributed by atoms with Crippen LogP contribution in [-0.2, 0) is 0 Å². The Bertz CT molecular complexity index is 143. The zero-order valence-corrected chi connectivity index (χ0v) is 6.17. The van der Waals surface area contributed by atoms with Gasteiger partial charge in [-0.15, -0.1) is 0 Å². The lowest BCUT2D eigenvalue weighted by atomic mass is 9.48. The molecule has 0 heteroatoms. The van der Waals surface area contributed by atoms with Gasteiger partial charge in [0.25, 0.3) is 0 Å². The van der Waals surface area contributed by atoms with Crippen LogP contribution in [0.3, 0.4) is 0 Å². The summed E-state index contributed by atoms with van der Waals surface area (Å²) in [6, 6.07) is 0. The molecular weight excluding hydrogens is 108 g/mol. The summed E-state index contributed by atoms with van der Waals surface area (Å²) in [5, 5.41) is 0. The topological polar surface area (TPSA) is 0 Å². The zero-order valence-electron chi connectivity index (χ0n) is 6.17. The standard InChI is InChI=1S/C9H14/c1-4-5(2)9-7-3-6(7)8(4)9/h4-9H,3H2,1-2H3. The third kappa shape index (κ3) is 0.320. The number of rotatable bonds is 0. The van der Waals surface area contributed by atoms with Crippen LogP contribution >= 0.6 is 0 Å². The Morgan fingerprint density at radius 1 is 0.889 bits per heavy atom. The minimum absolute atomic E-state index is 1.08. The summed E-state index contributed by atoms with van der Waals surface area (Å²) in [6.07, 6.45) is 1.60. The van der Waals surface area contributed by atoms with Crippen LogP contribution in [0.1, 0.15) is 20.3 Å². The van der Waals surface area contributed by atoms with E-state index in [1.54, 1.807) is 6.42 Å². The number of hydrogen-bond acceptors (Lipinski definition) is 0. The van der Waals surface area contributed by atoms with Crippen molar-refractivity contribution in [2.45, 2.75) is 20.3 Å². The van der Waals surface area contributed by atoms with Gasteiger partial charge < -0.3 is 0 Å². The molecule has 0 radical (unpaired) electrons. The van der Waals surface area contributed by atoms with E-state index < -0.39 is 0 Å². The highest BCUT2D eigenvalue weighted by atomic mass is 14.7. The van der Waals surface area contributed by atoms with E-state index in [1.807, 2.05) is 0 Å². The highest BCUT2D eigenvalue weighted by Gasteiger charge is 2.70. The highest BCUT2D eigenvalue weighted by Crippen LogP contribution is 2.75. The van der Waals surface area contributed by atoms with Gasteiger partial charge in [-0.1, -0.05) is 13.8 Å². The molecule has 0 aliphatic heterocycles. The van der Waals surface area contributed by atoms with Gasteiger partial charge >= 0.3 is 0 Å². The SMILES string of the molecule is CC1C(C)C2C3CC3C12. The van der Waals surface area contributed by atoms with Crippen molar-refractivity contribution < 1.29 is 0 Å². The van der Waals surface area contributed by atoms with Crippen molar-refractivity contribution in [3.8, 4) is 0 Å². The highest BCUT2D eigenvalue weighted by molar-refractivity contribution is 5.18. The van der Waals surface area contributed by atoms with Crippen LogP contribution in [0.15, 0.2) is 0 Å². The molecule has 0 saturated heterocycles. The maximum Gasteiger partial charge on any atom is -0.0321 e. The predicted octanol–water partition coefficient (Wildman–Crippen LogP) is 2.15. The summed E-state index contributed by atoms with van der Waals surface area (Å²) < 4.78 is 0. The van der Waals surface area contributed by atoms with Gasteiger partial charge in [0, 0.05) is 0 Å². The van der Waals surface area contributed by atoms with Crippen molar-refractivity contribution >= 4 is 0 Å². The van der Waals surface area contributed by atoms with E-state index >= 15 is 0 Å². The zero-order chi connectivity index (χ0) is 6.17. The summed E-state index contributed by atoms with van der Waals surface area (Å²) >= 11 is 0. The van der Waals surface area contributed by atoms with Crippen molar-refractivity contribution in [2.75, 3.05) is 0 Å². The molecular formula is C9H14. The van der Waals surface area contributed by atoms with Crippen LogP contribution in [0.2, 0.25) is 0 Å². The van der Waals surface area contributed by atoms with Crippen LogP contribution in [0.25, 0.3) is 0 Å². The summed E-state index contributed by atoms with van der Waals surface area (Å²) in [4.78, 5) is 0. The third-order valence-electron chi connectivity index (χ3n) is 4.37. The smallest absolute Gasteiger partial charge is 0.0321 e. The van der Waals surface area contributed by atoms with Gasteiger partial charge in [-0.25, -0.2) is 0 Å². The van der Waals surface area contributed by atoms with E-state index in [2.05, 4.69) is 13.8 Å². The van der Waals surface area contributed by atoms with Crippen LogP contribution in [0.4, 0.5) is 0 Å². The van der Waals surface area contributed by atoms with Crippen molar-refractivity contribution in [2.24, 2.45) is 35.5 Å². The Morgan fingerprint density at radius 2 is 1.33 bits per heavy atom. The van der Waals surface area contributed by atoms with Gasteiger partial charge in [0.15, 0.2) is 0 Å². The fourth-order valence-corrected chi connectivity index (χ4v) is 3.58. The molecule has 9 heavy (non-hydrogen) atoms. The first kappa shape index (κ1) is 4.76. The summed E-state index contributed by atoms with van der Waals surface area (Å²) in [5.74, 6) is 7.01. The molecule has 3 rings (SSSR count). The maximum atomic E-state index is 2.44. The Labute approximate surface area is 56.6 Å². The molecule has 0 heterocycles. The molecule has 6 atom stereocenters. The van der Waals surface area contributed by atoms with Gasteiger partial charge in [-0.2, -0.15) is 0 Å². The maximum absolute atomic E-state index is 2.44. The summed E-state index contributed by atoms with van der Waals surface area (Å²) in [7, 11) is 0. The summed E-state index contributed by atoms with van der Waals surface area (Å²) in [6.45, 7) is 4.89. The van der Waals surface area contributed by atoms with Crippen LogP contribution in [-0.4, -0.2) is 0 Å². The van der Waals surface area contributed by atoms with Gasteiger partial charge in [0.05, 0.1) is 0 Å². The Hall–Kier alpha value is 0. The lowest BCUT2D eigenvalue weighted by Crippen LogP contribution is -2.52. The average Bonchev–Trinajstić information content (AvgIpc) is 2.44. The van der Waals surface area contributed by atoms with Gasteiger partial charge in [-0.3, -0.25) is 0 Å². The Morgan fingerprint density at radius 3 is 1.78 bits per heavy atom. The Balaban J connectivity index is 1.88. The van der Waals surface area contributed by atoms with E-state index in [0.29, 0.717) is 0 Å². The predicted molar refractivity (Wildman–Crippen MR) is 36.9 cm³/mol. The first-order valence-electron chi connectivity index (χ1n) is 4.30. The van der Waals surface area contributed by atoms with E-state index in [1.165, 1.54) is 23.7 Å². The first-order valence-corrected chi connectivity index (χ1v) is 4.30. The molecule has 0 aromatic carbocycles. The van der Waals surface area contributed by atoms with Crippen LogP contribution in [0, 0.1) is 35.5 Å². The molecule has 3 fully saturated rings. The second kappa shape index (κ2) is 1.09. The molecule has 0 N–H and O–H groups in total. The molecule has 0 aromatic heterocycles. The van der Waals surface area contributed by atoms with Crippen molar-refractivity contribution in [1.82, 2.24) is 0 Å². The lowest BCUT2D eigenvalue weighted by Gasteiger charge is -2.57. The molecule has 3 aliphatic carbocycles. The van der Waals surface area contributed by atoms with Gasteiger partial charge in [0.2, 0.25) is 0 Å². The largest absolute Gasteiger partial charge is 0.0620 e. The van der Waals surface area contributed by atoms with E-state index in [0.717, 1.165) is 11.8 Å². The summed E-state index contributed by atoms with van der Waals surface area (Å²) in [5.41, 5.74) is 0. The quantitative estimate of drug-likeness (QED) is 0.462. The minimum Gasteiger partial charge on any atom is -0.0620 e. The molecule has 50 valence electrons. The second-order valence-corrected chi connectivity index (χ2v) is 4.44. The fraction of sp³-hybridized carbons (Fsp3) is 1.00. The molecule has 3 aliphatic rings. The molecule has 6 unspecified atom stereocenters. The Kier molecular flexibility index (Phi) is 0.574. The number of fused-ring (bicyclic) bond motifs is 4. The molecule has 0 bridgehead atoms. The third-order valence-corrected chi connectivity index (χ3v) is 4.37. The normalized spacial score (nSPS) is 75.3. The van der Waals surface area contributed by atoms with E-state index in [9.17, 15) is 0 Å². The molecule has 0 spiro atoms. The van der Waals surface area contributed by atoms with Crippen LogP contribution < -0.4 is 0 Å². The van der Waals surface area contributed by atoms with E-state index in [4.69, 9.17) is 0 Å². The van der Waals surface area contributed by atoms with Gasteiger partial charge in [0.1, 0.15) is 0 Å². The fourth-order valence-electron chi connectivity index (χ4n) is 3.58. The first-order chi connectivity index (χ1) is 4.30. The monoisotopic (exact) mass is 122 g/mol. The molecule has 0 amide bonds. The van der Waals surface area contributed by atoms with Crippen molar-refractivity contribution in [3.05, 3.63) is 0 Å². The van der Waals surface area contributed by atoms with E-state index in [-0.39, 0.29) is 0 Å². The van der Waals surface area contributed by atoms with Gasteiger partial charge in [-0.05, 0) is 41.9 Å². The minimum atomic E-state index is 1.08. The molecule has 0 nitrogen and oxygen atoms in total. The lowest BCUT2D eigenvalue weighted by molar-refractivity contribution is -0.0940. The second-order valence-electron chi connectivity index (χ2n) is 4.44. The average molecular weight is 122 g/mol. The van der Waals surface area contributed by atoms with Crippen molar-refractivity contribution in [1.29, 1.82) is 0 Å². The molecule has 3 saturated carbocycles. The van der Waals surface area contributed by atoms with Crippen LogP contribution in [0.5, 0.6) is 0 Å². The number of hydrogen-bond donors (Lipinski definition) is 0. The van der Waals surface area contributed by atoms with Crippen molar-refractivity contribution in [3.63, 3.8) is 0 Å².